The number of piperazine rings is 1. The number of carbonyl (C=O) groups excluding carboxylic acids is 1. The molecule has 40 heavy (non-hydrogen) atoms. The van der Waals surface area contributed by atoms with Crippen LogP contribution >= 0.6 is 11.6 Å². The van der Waals surface area contributed by atoms with Crippen LogP contribution in [0.3, 0.4) is 0 Å². The first-order valence-electron chi connectivity index (χ1n) is 12.4. The van der Waals surface area contributed by atoms with Crippen molar-refractivity contribution in [2.75, 3.05) is 43.4 Å². The highest BCUT2D eigenvalue weighted by Gasteiger charge is 2.40. The largest absolute Gasteiger partial charge is 0.416 e. The molecule has 3 aromatic rings. The van der Waals surface area contributed by atoms with E-state index in [4.69, 9.17) is 11.6 Å². The van der Waals surface area contributed by atoms with Gasteiger partial charge in [0.2, 0.25) is 5.91 Å². The molecule has 5 nitrogen and oxygen atoms in total. The highest BCUT2D eigenvalue weighted by Crippen LogP contribution is 2.40. The van der Waals surface area contributed by atoms with E-state index >= 15 is 0 Å². The van der Waals surface area contributed by atoms with Gasteiger partial charge in [0.1, 0.15) is 5.82 Å². The molecule has 0 spiro atoms. The zero-order valence-corrected chi connectivity index (χ0v) is 22.7. The maximum atomic E-state index is 13.5. The molecule has 214 valence electrons. The smallest absolute Gasteiger partial charge is 0.354 e. The minimum atomic E-state index is -5.04. The average Bonchev–Trinajstić information content (AvgIpc) is 2.88. The van der Waals surface area contributed by atoms with Gasteiger partial charge in [-0.2, -0.15) is 26.3 Å². The van der Waals surface area contributed by atoms with Crippen LogP contribution in [0.15, 0.2) is 54.7 Å². The molecule has 1 N–H and O–H groups in total. The third-order valence-electron chi connectivity index (χ3n) is 7.01. The summed E-state index contributed by atoms with van der Waals surface area (Å²) in [4.78, 5) is 22.3. The van der Waals surface area contributed by atoms with Crippen molar-refractivity contribution in [2.45, 2.75) is 31.6 Å². The lowest BCUT2D eigenvalue weighted by Gasteiger charge is -2.33. The lowest BCUT2D eigenvalue weighted by Crippen LogP contribution is -2.44. The Kier molecular flexibility index (Phi) is 8.11. The molecule has 2 aromatic carbocycles. The maximum absolute atomic E-state index is 13.5. The number of likely N-dealkylation sites (N-methyl/N-ethyl adjacent to an activating group) is 1. The van der Waals surface area contributed by atoms with E-state index in [1.165, 1.54) is 20.0 Å². The van der Waals surface area contributed by atoms with Gasteiger partial charge in [-0.15, -0.1) is 0 Å². The number of hydrogen-bond acceptors (Lipinski definition) is 4. The first-order chi connectivity index (χ1) is 18.6. The second-order valence-corrected chi connectivity index (χ2v) is 10.6. The lowest BCUT2D eigenvalue weighted by molar-refractivity contribution is -0.143. The van der Waals surface area contributed by atoms with Crippen molar-refractivity contribution in [1.29, 1.82) is 0 Å². The molecule has 1 amide bonds. The minimum Gasteiger partial charge on any atom is -0.354 e. The topological polar surface area (TPSA) is 48.5 Å². The highest BCUT2D eigenvalue weighted by atomic mass is 35.5. The Morgan fingerprint density at radius 2 is 1.40 bits per heavy atom. The van der Waals surface area contributed by atoms with Crippen LogP contribution in [-0.4, -0.2) is 49.0 Å². The number of halogens is 7. The number of hydrogen-bond donors (Lipinski definition) is 1. The number of pyridine rings is 1. The maximum Gasteiger partial charge on any atom is 0.416 e. The molecule has 4 rings (SSSR count). The first-order valence-corrected chi connectivity index (χ1v) is 12.7. The monoisotopic (exact) mass is 584 g/mol. The molecule has 0 unspecified atom stereocenters. The van der Waals surface area contributed by atoms with Crippen molar-refractivity contribution in [3.63, 3.8) is 0 Å². The van der Waals surface area contributed by atoms with Crippen LogP contribution in [0.25, 0.3) is 11.1 Å². The SMILES string of the molecule is CN1CCN(c2cc(-c3ccccc3Cl)c(NC(=O)C(C)(C)c3cc(C(F)(F)F)cc(C(F)(F)F)c3)cn2)CC1. The van der Waals surface area contributed by atoms with Crippen molar-refractivity contribution in [3.05, 3.63) is 76.4 Å². The molecule has 1 aliphatic heterocycles. The fourth-order valence-corrected chi connectivity index (χ4v) is 4.62. The standard InChI is InChI=1S/C28H27ClF6N4O/c1-26(2,17-12-18(27(30,31)32)14-19(13-17)28(33,34)35)25(40)37-23-16-36-24(39-10-8-38(3)9-11-39)15-21(23)20-6-4-5-7-22(20)29/h4-7,12-16H,8-11H2,1-3H3,(H,37,40). The summed E-state index contributed by atoms with van der Waals surface area (Å²) >= 11 is 6.46. The zero-order valence-electron chi connectivity index (χ0n) is 21.9. The number of nitrogens with one attached hydrogen (secondary N) is 1. The van der Waals surface area contributed by atoms with Crippen LogP contribution in [0.2, 0.25) is 5.02 Å². The summed E-state index contributed by atoms with van der Waals surface area (Å²) in [5.41, 5.74) is -3.90. The van der Waals surface area contributed by atoms with Gasteiger partial charge in [-0.25, -0.2) is 4.98 Å². The highest BCUT2D eigenvalue weighted by molar-refractivity contribution is 6.33. The number of aromatic nitrogens is 1. The Labute approximate surface area is 232 Å². The van der Waals surface area contributed by atoms with Crippen molar-refractivity contribution in [2.24, 2.45) is 0 Å². The summed E-state index contributed by atoms with van der Waals surface area (Å²) in [6, 6.07) is 9.85. The molecule has 2 heterocycles. The van der Waals surface area contributed by atoms with Gasteiger partial charge in [-0.1, -0.05) is 29.8 Å². The van der Waals surface area contributed by atoms with Gasteiger partial charge in [0.25, 0.3) is 0 Å². The summed E-state index contributed by atoms with van der Waals surface area (Å²) in [6.45, 7) is 5.63. The van der Waals surface area contributed by atoms with Crippen LogP contribution in [-0.2, 0) is 22.6 Å². The lowest BCUT2D eigenvalue weighted by atomic mass is 9.81. The van der Waals surface area contributed by atoms with E-state index in [9.17, 15) is 31.1 Å². The van der Waals surface area contributed by atoms with Gasteiger partial charge in [0.05, 0.1) is 28.4 Å². The summed E-state index contributed by atoms with van der Waals surface area (Å²) in [5.74, 6) is -0.171. The molecule has 0 bridgehead atoms. The van der Waals surface area contributed by atoms with Crippen LogP contribution in [0.4, 0.5) is 37.8 Å². The third-order valence-corrected chi connectivity index (χ3v) is 7.34. The molecule has 0 radical (unpaired) electrons. The minimum absolute atomic E-state index is 0.0357. The van der Waals surface area contributed by atoms with Gasteiger partial charge in [-0.3, -0.25) is 4.79 Å². The Bertz CT molecular complexity index is 1370. The van der Waals surface area contributed by atoms with E-state index in [0.717, 1.165) is 26.2 Å². The second kappa shape index (κ2) is 10.9. The number of alkyl halides is 6. The average molecular weight is 585 g/mol. The molecule has 0 atom stereocenters. The van der Waals surface area contributed by atoms with Gasteiger partial charge in [-0.05, 0) is 56.8 Å². The van der Waals surface area contributed by atoms with E-state index in [0.29, 0.717) is 34.1 Å². The van der Waals surface area contributed by atoms with Crippen LogP contribution < -0.4 is 10.2 Å². The van der Waals surface area contributed by atoms with Gasteiger partial charge >= 0.3 is 12.4 Å². The van der Waals surface area contributed by atoms with E-state index in [1.807, 2.05) is 7.05 Å². The summed E-state index contributed by atoms with van der Waals surface area (Å²) in [6.07, 6.45) is -8.65. The summed E-state index contributed by atoms with van der Waals surface area (Å²) in [7, 11) is 2.02. The molecule has 1 aliphatic rings. The number of amides is 1. The molecule has 1 fully saturated rings. The quantitative estimate of drug-likeness (QED) is 0.325. The molecule has 1 aromatic heterocycles. The summed E-state index contributed by atoms with van der Waals surface area (Å²) in [5, 5.41) is 3.07. The second-order valence-electron chi connectivity index (χ2n) is 10.2. The fourth-order valence-electron chi connectivity index (χ4n) is 4.38. The normalized spacial score (nSPS) is 15.3. The molecular formula is C28H27ClF6N4O. The Morgan fingerprint density at radius 1 is 0.850 bits per heavy atom. The first kappa shape index (κ1) is 29.7. The molecule has 0 saturated carbocycles. The van der Waals surface area contributed by atoms with Crippen molar-refractivity contribution in [3.8, 4) is 11.1 Å². The van der Waals surface area contributed by atoms with Crippen LogP contribution in [0, 0.1) is 0 Å². The molecular weight excluding hydrogens is 558 g/mol. The number of anilines is 2. The Hall–Kier alpha value is -3.31. The van der Waals surface area contributed by atoms with Crippen LogP contribution in [0.5, 0.6) is 0 Å². The van der Waals surface area contributed by atoms with E-state index in [2.05, 4.69) is 20.1 Å². The zero-order chi connectivity index (χ0) is 29.5. The molecule has 1 saturated heterocycles. The van der Waals surface area contributed by atoms with Crippen molar-refractivity contribution in [1.82, 2.24) is 9.88 Å². The Balaban J connectivity index is 1.74. The van der Waals surface area contributed by atoms with E-state index in [1.54, 1.807) is 30.3 Å². The van der Waals surface area contributed by atoms with Gasteiger partial charge < -0.3 is 15.1 Å². The van der Waals surface area contributed by atoms with Gasteiger partial charge in [0, 0.05) is 42.3 Å². The Morgan fingerprint density at radius 3 is 1.95 bits per heavy atom. The summed E-state index contributed by atoms with van der Waals surface area (Å²) < 4.78 is 80.8. The molecule has 0 aliphatic carbocycles. The van der Waals surface area contributed by atoms with Crippen molar-refractivity contribution >= 4 is 29.0 Å². The number of rotatable bonds is 5. The fraction of sp³-hybridized carbons (Fsp3) is 0.357. The number of nitrogens with zero attached hydrogens (tertiary/aromatic N) is 3. The predicted molar refractivity (Wildman–Crippen MR) is 142 cm³/mol. The third kappa shape index (κ3) is 6.36. The number of benzene rings is 2. The predicted octanol–water partition coefficient (Wildman–Crippen LogP) is 7.11. The van der Waals surface area contributed by atoms with Crippen molar-refractivity contribution < 1.29 is 31.1 Å². The van der Waals surface area contributed by atoms with Crippen LogP contribution in [0.1, 0.15) is 30.5 Å². The van der Waals surface area contributed by atoms with E-state index in [-0.39, 0.29) is 11.8 Å². The van der Waals surface area contributed by atoms with Gasteiger partial charge in [0.15, 0.2) is 0 Å². The molecule has 12 heteroatoms. The van der Waals surface area contributed by atoms with E-state index < -0.39 is 40.4 Å². The number of carbonyl (C=O) groups is 1.